The smallest absolute Gasteiger partial charge is 0.321 e. The van der Waals surface area contributed by atoms with Gasteiger partial charge in [-0.1, -0.05) is 24.3 Å². The van der Waals surface area contributed by atoms with Gasteiger partial charge in [-0.25, -0.2) is 0 Å². The van der Waals surface area contributed by atoms with Crippen LogP contribution in [0.4, 0.5) is 0 Å². The van der Waals surface area contributed by atoms with Crippen molar-refractivity contribution in [3.05, 3.63) is 24.3 Å². The highest BCUT2D eigenvalue weighted by atomic mass is 16.7. The van der Waals surface area contributed by atoms with Crippen molar-refractivity contribution >= 4 is 18.3 Å². The molecule has 2 amide bonds. The molecule has 1 heterocycles. The molecule has 1 fully saturated rings. The molecule has 1 aliphatic carbocycles. The van der Waals surface area contributed by atoms with Gasteiger partial charge in [-0.05, 0) is 0 Å². The summed E-state index contributed by atoms with van der Waals surface area (Å²) in [5, 5.41) is 0.516. The predicted octanol–water partition coefficient (Wildman–Crippen LogP) is -0.198. The van der Waals surface area contributed by atoms with E-state index in [2.05, 4.69) is 4.84 Å². The predicted molar refractivity (Wildman–Crippen MR) is 44.3 cm³/mol. The van der Waals surface area contributed by atoms with E-state index in [-0.39, 0.29) is 6.47 Å². The van der Waals surface area contributed by atoms with Gasteiger partial charge in [0.05, 0.1) is 11.8 Å². The lowest BCUT2D eigenvalue weighted by Crippen LogP contribution is -2.30. The Morgan fingerprint density at radius 1 is 1.14 bits per heavy atom. The van der Waals surface area contributed by atoms with Crippen LogP contribution in [0.15, 0.2) is 24.3 Å². The first kappa shape index (κ1) is 8.68. The van der Waals surface area contributed by atoms with E-state index >= 15 is 0 Å². The first-order valence-corrected chi connectivity index (χ1v) is 4.09. The first-order chi connectivity index (χ1) is 6.75. The second-order valence-corrected chi connectivity index (χ2v) is 2.99. The minimum atomic E-state index is -0.521. The second kappa shape index (κ2) is 3.10. The first-order valence-electron chi connectivity index (χ1n) is 4.09. The number of rotatable bonds is 2. The topological polar surface area (TPSA) is 63.7 Å². The molecule has 1 aliphatic heterocycles. The summed E-state index contributed by atoms with van der Waals surface area (Å²) in [7, 11) is 0. The van der Waals surface area contributed by atoms with Gasteiger partial charge in [0.2, 0.25) is 0 Å². The molecule has 0 aromatic rings. The van der Waals surface area contributed by atoms with Gasteiger partial charge in [-0.3, -0.25) is 14.4 Å². The molecule has 0 aromatic carbocycles. The van der Waals surface area contributed by atoms with Crippen molar-refractivity contribution in [1.82, 2.24) is 5.06 Å². The molecule has 5 nitrogen and oxygen atoms in total. The minimum absolute atomic E-state index is 0.0700. The summed E-state index contributed by atoms with van der Waals surface area (Å²) in [5.41, 5.74) is 0. The number of imide groups is 1. The van der Waals surface area contributed by atoms with Crippen LogP contribution in [-0.2, 0) is 19.2 Å². The standard InChI is InChI=1S/C9H7NO4/c11-5-14-10-8(12)6-3-1-2-4-7(6)9(10)13/h1-7H. The SMILES string of the molecule is O=CON1C(=O)C2C=CC=CC2C1=O. The molecular weight excluding hydrogens is 186 g/mol. The Balaban J connectivity index is 2.30. The summed E-state index contributed by atoms with van der Waals surface area (Å²) >= 11 is 0. The van der Waals surface area contributed by atoms with Gasteiger partial charge in [0, 0.05) is 0 Å². The summed E-state index contributed by atoms with van der Waals surface area (Å²) in [4.78, 5) is 37.3. The maximum atomic E-state index is 11.5. The van der Waals surface area contributed by atoms with Gasteiger partial charge in [-0.2, -0.15) is 0 Å². The zero-order valence-corrected chi connectivity index (χ0v) is 7.12. The van der Waals surface area contributed by atoms with Gasteiger partial charge in [0.15, 0.2) is 0 Å². The van der Waals surface area contributed by atoms with Gasteiger partial charge >= 0.3 is 6.47 Å². The molecule has 1 saturated heterocycles. The summed E-state index contributed by atoms with van der Waals surface area (Å²) < 4.78 is 0. The molecule has 0 bridgehead atoms. The Kier molecular flexibility index (Phi) is 1.92. The summed E-state index contributed by atoms with van der Waals surface area (Å²) in [6, 6.07) is 0. The van der Waals surface area contributed by atoms with Crippen LogP contribution in [0.2, 0.25) is 0 Å². The molecule has 0 saturated carbocycles. The van der Waals surface area contributed by atoms with Gasteiger partial charge < -0.3 is 4.84 Å². The summed E-state index contributed by atoms with van der Waals surface area (Å²) in [5.74, 6) is -2.03. The lowest BCUT2D eigenvalue weighted by atomic mass is 9.91. The van der Waals surface area contributed by atoms with Crippen molar-refractivity contribution in [2.75, 3.05) is 0 Å². The number of carbonyl (C=O) groups excluding carboxylic acids is 3. The third kappa shape index (κ3) is 1.06. The van der Waals surface area contributed by atoms with Crippen molar-refractivity contribution < 1.29 is 19.2 Å². The Labute approximate surface area is 79.6 Å². The highest BCUT2D eigenvalue weighted by molar-refractivity contribution is 6.06. The second-order valence-electron chi connectivity index (χ2n) is 2.99. The van der Waals surface area contributed by atoms with E-state index in [9.17, 15) is 14.4 Å². The molecule has 0 radical (unpaired) electrons. The molecule has 0 aromatic heterocycles. The van der Waals surface area contributed by atoms with E-state index in [4.69, 9.17) is 0 Å². The molecule has 0 N–H and O–H groups in total. The lowest BCUT2D eigenvalue weighted by Gasteiger charge is -2.07. The van der Waals surface area contributed by atoms with E-state index in [1.807, 2.05) is 0 Å². The zero-order chi connectivity index (χ0) is 10.1. The average molecular weight is 193 g/mol. The summed E-state index contributed by atoms with van der Waals surface area (Å²) in [6.07, 6.45) is 6.63. The van der Waals surface area contributed by atoms with E-state index in [1.165, 1.54) is 0 Å². The van der Waals surface area contributed by atoms with Crippen molar-refractivity contribution in [3.8, 4) is 0 Å². The highest BCUT2D eigenvalue weighted by Gasteiger charge is 2.47. The van der Waals surface area contributed by atoms with Gasteiger partial charge in [0.25, 0.3) is 11.8 Å². The number of hydrogen-bond acceptors (Lipinski definition) is 4. The lowest BCUT2D eigenvalue weighted by molar-refractivity contribution is -0.188. The van der Waals surface area contributed by atoms with Crippen molar-refractivity contribution in [2.45, 2.75) is 0 Å². The fourth-order valence-electron chi connectivity index (χ4n) is 1.61. The number of fused-ring (bicyclic) bond motifs is 1. The maximum absolute atomic E-state index is 11.5. The van der Waals surface area contributed by atoms with Crippen LogP contribution >= 0.6 is 0 Å². The Bertz CT molecular complexity index is 328. The molecule has 5 heteroatoms. The summed E-state index contributed by atoms with van der Waals surface area (Å²) in [6.45, 7) is 0.0700. The molecule has 2 atom stereocenters. The number of hydroxylamine groups is 2. The molecule has 72 valence electrons. The number of hydrogen-bond donors (Lipinski definition) is 0. The van der Waals surface area contributed by atoms with E-state index in [0.717, 1.165) is 0 Å². The number of nitrogens with zero attached hydrogens (tertiary/aromatic N) is 1. The van der Waals surface area contributed by atoms with Crippen LogP contribution < -0.4 is 0 Å². The fourth-order valence-corrected chi connectivity index (χ4v) is 1.61. The third-order valence-electron chi connectivity index (χ3n) is 2.25. The quantitative estimate of drug-likeness (QED) is 0.450. The molecular formula is C9H7NO4. The maximum Gasteiger partial charge on any atom is 0.321 e. The normalized spacial score (nSPS) is 29.3. The molecule has 2 rings (SSSR count). The van der Waals surface area contributed by atoms with Crippen LogP contribution in [0.3, 0.4) is 0 Å². The van der Waals surface area contributed by atoms with Crippen molar-refractivity contribution in [2.24, 2.45) is 11.8 Å². The monoisotopic (exact) mass is 193 g/mol. The zero-order valence-electron chi connectivity index (χ0n) is 7.12. The van der Waals surface area contributed by atoms with Crippen molar-refractivity contribution in [3.63, 3.8) is 0 Å². The van der Waals surface area contributed by atoms with Crippen LogP contribution in [0, 0.1) is 11.8 Å². The third-order valence-corrected chi connectivity index (χ3v) is 2.25. The average Bonchev–Trinajstić information content (AvgIpc) is 2.45. The van der Waals surface area contributed by atoms with Gasteiger partial charge in [-0.15, -0.1) is 5.06 Å². The minimum Gasteiger partial charge on any atom is -0.334 e. The van der Waals surface area contributed by atoms with E-state index in [1.54, 1.807) is 24.3 Å². The molecule has 0 spiro atoms. The number of allylic oxidation sites excluding steroid dienone is 2. The molecule has 14 heavy (non-hydrogen) atoms. The van der Waals surface area contributed by atoms with E-state index < -0.39 is 23.7 Å². The highest BCUT2D eigenvalue weighted by Crippen LogP contribution is 2.30. The van der Waals surface area contributed by atoms with Crippen LogP contribution in [0.1, 0.15) is 0 Å². The largest absolute Gasteiger partial charge is 0.334 e. The fraction of sp³-hybridized carbons (Fsp3) is 0.222. The van der Waals surface area contributed by atoms with Crippen LogP contribution in [0.5, 0.6) is 0 Å². The molecule has 2 unspecified atom stereocenters. The number of carbonyl (C=O) groups is 3. The van der Waals surface area contributed by atoms with Crippen molar-refractivity contribution in [1.29, 1.82) is 0 Å². The Hall–Kier alpha value is -1.91. The van der Waals surface area contributed by atoms with E-state index in [0.29, 0.717) is 5.06 Å². The number of amides is 2. The van der Waals surface area contributed by atoms with Gasteiger partial charge in [0.1, 0.15) is 0 Å². The van der Waals surface area contributed by atoms with Crippen LogP contribution in [-0.4, -0.2) is 23.3 Å². The Morgan fingerprint density at radius 3 is 2.07 bits per heavy atom. The molecule has 2 aliphatic rings. The van der Waals surface area contributed by atoms with Crippen LogP contribution in [0.25, 0.3) is 0 Å². The Morgan fingerprint density at radius 2 is 1.64 bits per heavy atom.